The van der Waals surface area contributed by atoms with Crippen molar-refractivity contribution in [2.45, 2.75) is 39.7 Å². The van der Waals surface area contributed by atoms with Gasteiger partial charge in [-0.05, 0) is 31.3 Å². The van der Waals surface area contributed by atoms with E-state index in [4.69, 9.17) is 0 Å². The molecule has 6 nitrogen and oxygen atoms in total. The van der Waals surface area contributed by atoms with Crippen molar-refractivity contribution >= 4 is 34.7 Å². The Morgan fingerprint density at radius 2 is 2.19 bits per heavy atom. The molecular formula is C14H24N6S. The maximum atomic E-state index is 4.57. The summed E-state index contributed by atoms with van der Waals surface area (Å²) in [7, 11) is 0. The average Bonchev–Trinajstić information content (AvgIpc) is 2.94. The summed E-state index contributed by atoms with van der Waals surface area (Å²) < 4.78 is 0. The van der Waals surface area contributed by atoms with Gasteiger partial charge in [0.15, 0.2) is 11.5 Å². The molecule has 2 heterocycles. The Morgan fingerprint density at radius 3 is 2.95 bits per heavy atom. The second-order valence-corrected chi connectivity index (χ2v) is 6.35. The number of aromatic nitrogens is 4. The van der Waals surface area contributed by atoms with Crippen molar-refractivity contribution in [2.75, 3.05) is 28.7 Å². The summed E-state index contributed by atoms with van der Waals surface area (Å²) >= 11 is 1.96. The Bertz CT molecular complexity index is 555. The molecule has 0 radical (unpaired) electrons. The summed E-state index contributed by atoms with van der Waals surface area (Å²) in [6.07, 6.45) is 3.80. The highest BCUT2D eigenvalue weighted by atomic mass is 32.2. The van der Waals surface area contributed by atoms with Crippen LogP contribution in [0.2, 0.25) is 0 Å². The van der Waals surface area contributed by atoms with E-state index >= 15 is 0 Å². The molecule has 2 aromatic rings. The Morgan fingerprint density at radius 1 is 1.33 bits per heavy atom. The standard InChI is InChI=1S/C14H24N6S/c1-4-7-15-14-19-12-11(16-9-17-12)13(20-14)18-10(3)6-8-21-5-2/h9-10H,4-8H2,1-3H3,(H3,15,16,17,18,19,20). The minimum atomic E-state index is 0.365. The summed E-state index contributed by atoms with van der Waals surface area (Å²) in [6, 6.07) is 0.365. The molecule has 0 aliphatic rings. The molecule has 0 saturated heterocycles. The summed E-state index contributed by atoms with van der Waals surface area (Å²) in [5, 5.41) is 6.69. The zero-order valence-electron chi connectivity index (χ0n) is 12.9. The van der Waals surface area contributed by atoms with E-state index in [0.29, 0.717) is 17.6 Å². The fraction of sp³-hybridized carbons (Fsp3) is 0.643. The lowest BCUT2D eigenvalue weighted by Crippen LogP contribution is -2.18. The van der Waals surface area contributed by atoms with Crippen LogP contribution in [0.5, 0.6) is 0 Å². The fourth-order valence-corrected chi connectivity index (χ4v) is 2.77. The third-order valence-electron chi connectivity index (χ3n) is 3.10. The molecule has 2 aromatic heterocycles. The van der Waals surface area contributed by atoms with Crippen molar-refractivity contribution in [1.82, 2.24) is 19.9 Å². The third-order valence-corrected chi connectivity index (χ3v) is 4.03. The molecule has 0 bridgehead atoms. The van der Waals surface area contributed by atoms with Crippen molar-refractivity contribution in [1.29, 1.82) is 0 Å². The highest BCUT2D eigenvalue weighted by Crippen LogP contribution is 2.20. The number of rotatable bonds is 9. The number of fused-ring (bicyclic) bond motifs is 1. The smallest absolute Gasteiger partial charge is 0.226 e. The quantitative estimate of drug-likeness (QED) is 0.618. The van der Waals surface area contributed by atoms with E-state index in [1.165, 1.54) is 0 Å². The van der Waals surface area contributed by atoms with Crippen LogP contribution in [0.25, 0.3) is 11.2 Å². The average molecular weight is 308 g/mol. The van der Waals surface area contributed by atoms with E-state index in [-0.39, 0.29) is 0 Å². The largest absolute Gasteiger partial charge is 0.366 e. The molecule has 0 aromatic carbocycles. The highest BCUT2D eigenvalue weighted by Gasteiger charge is 2.12. The normalized spacial score (nSPS) is 12.5. The number of anilines is 2. The van der Waals surface area contributed by atoms with Crippen molar-refractivity contribution in [3.05, 3.63) is 6.33 Å². The minimum absolute atomic E-state index is 0.365. The van der Waals surface area contributed by atoms with Crippen molar-refractivity contribution < 1.29 is 0 Å². The van der Waals surface area contributed by atoms with Gasteiger partial charge in [0.1, 0.15) is 5.52 Å². The molecule has 1 atom stereocenters. The molecule has 0 fully saturated rings. The Balaban J connectivity index is 2.10. The van der Waals surface area contributed by atoms with Gasteiger partial charge in [-0.15, -0.1) is 0 Å². The maximum absolute atomic E-state index is 4.57. The lowest BCUT2D eigenvalue weighted by molar-refractivity contribution is 0.767. The molecule has 0 aliphatic heterocycles. The lowest BCUT2D eigenvalue weighted by atomic mass is 10.2. The summed E-state index contributed by atoms with van der Waals surface area (Å²) in [5.41, 5.74) is 1.56. The lowest BCUT2D eigenvalue weighted by Gasteiger charge is -2.15. The first-order valence-electron chi connectivity index (χ1n) is 7.53. The molecule has 0 aliphatic carbocycles. The van der Waals surface area contributed by atoms with Gasteiger partial charge in [-0.2, -0.15) is 21.7 Å². The molecule has 3 N–H and O–H groups in total. The second kappa shape index (κ2) is 8.07. The Kier molecular flexibility index (Phi) is 6.10. The van der Waals surface area contributed by atoms with Gasteiger partial charge in [0.25, 0.3) is 0 Å². The molecule has 0 amide bonds. The number of thioether (sulfide) groups is 1. The number of imidazole rings is 1. The van der Waals surface area contributed by atoms with E-state index in [9.17, 15) is 0 Å². The molecule has 116 valence electrons. The predicted octanol–water partition coefficient (Wildman–Crippen LogP) is 3.12. The number of nitrogens with one attached hydrogen (secondary N) is 3. The Hall–Kier alpha value is -1.50. The number of hydrogen-bond donors (Lipinski definition) is 3. The van der Waals surface area contributed by atoms with Gasteiger partial charge in [-0.25, -0.2) is 4.98 Å². The van der Waals surface area contributed by atoms with Crippen LogP contribution in [0.15, 0.2) is 6.33 Å². The first-order valence-corrected chi connectivity index (χ1v) is 8.69. The molecule has 21 heavy (non-hydrogen) atoms. The van der Waals surface area contributed by atoms with Crippen molar-refractivity contribution in [3.8, 4) is 0 Å². The monoisotopic (exact) mass is 308 g/mol. The molecule has 7 heteroatoms. The van der Waals surface area contributed by atoms with Crippen molar-refractivity contribution in [3.63, 3.8) is 0 Å². The fourth-order valence-electron chi connectivity index (χ4n) is 1.96. The van der Waals surface area contributed by atoms with Crippen LogP contribution in [0.3, 0.4) is 0 Å². The summed E-state index contributed by atoms with van der Waals surface area (Å²) in [5.74, 6) is 3.78. The van der Waals surface area contributed by atoms with E-state index in [1.54, 1.807) is 6.33 Å². The third kappa shape index (κ3) is 4.49. The van der Waals surface area contributed by atoms with Gasteiger partial charge < -0.3 is 15.6 Å². The van der Waals surface area contributed by atoms with Crippen LogP contribution in [0, 0.1) is 0 Å². The van der Waals surface area contributed by atoms with Gasteiger partial charge in [0.05, 0.1) is 6.33 Å². The first kappa shape index (κ1) is 15.9. The van der Waals surface area contributed by atoms with Gasteiger partial charge in [-0.1, -0.05) is 13.8 Å². The van der Waals surface area contributed by atoms with Gasteiger partial charge in [0, 0.05) is 12.6 Å². The Labute approximate surface area is 129 Å². The topological polar surface area (TPSA) is 78.5 Å². The minimum Gasteiger partial charge on any atom is -0.366 e. The van der Waals surface area contributed by atoms with E-state index in [2.05, 4.69) is 51.3 Å². The zero-order chi connectivity index (χ0) is 15.1. The van der Waals surface area contributed by atoms with Crippen LogP contribution in [-0.2, 0) is 0 Å². The molecule has 0 spiro atoms. The molecule has 2 rings (SSSR count). The predicted molar refractivity (Wildman–Crippen MR) is 91.2 cm³/mol. The van der Waals surface area contributed by atoms with Crippen LogP contribution >= 0.6 is 11.8 Å². The van der Waals surface area contributed by atoms with Gasteiger partial charge in [0.2, 0.25) is 5.95 Å². The van der Waals surface area contributed by atoms with E-state index in [1.807, 2.05) is 11.8 Å². The second-order valence-electron chi connectivity index (χ2n) is 4.95. The van der Waals surface area contributed by atoms with Crippen LogP contribution in [0.1, 0.15) is 33.6 Å². The summed E-state index contributed by atoms with van der Waals surface area (Å²) in [4.78, 5) is 16.3. The molecule has 0 saturated carbocycles. The number of nitrogens with zero attached hydrogens (tertiary/aromatic N) is 3. The number of H-pyrrole nitrogens is 1. The number of aromatic amines is 1. The molecular weight excluding hydrogens is 284 g/mol. The van der Waals surface area contributed by atoms with Gasteiger partial charge in [-0.3, -0.25) is 0 Å². The molecule has 1 unspecified atom stereocenters. The van der Waals surface area contributed by atoms with Crippen molar-refractivity contribution in [2.24, 2.45) is 0 Å². The SMILES string of the molecule is CCCNc1nc(NC(C)CCSCC)c2[nH]cnc2n1. The zero-order valence-corrected chi connectivity index (χ0v) is 13.8. The summed E-state index contributed by atoms with van der Waals surface area (Å²) in [6.45, 7) is 7.34. The van der Waals surface area contributed by atoms with Crippen LogP contribution in [0.4, 0.5) is 11.8 Å². The van der Waals surface area contributed by atoms with E-state index in [0.717, 1.165) is 42.2 Å². The highest BCUT2D eigenvalue weighted by molar-refractivity contribution is 7.99. The van der Waals surface area contributed by atoms with Crippen LogP contribution < -0.4 is 10.6 Å². The maximum Gasteiger partial charge on any atom is 0.226 e. The van der Waals surface area contributed by atoms with Gasteiger partial charge >= 0.3 is 0 Å². The first-order chi connectivity index (χ1) is 10.2. The van der Waals surface area contributed by atoms with Crippen LogP contribution in [-0.4, -0.2) is 44.0 Å². The van der Waals surface area contributed by atoms with E-state index < -0.39 is 0 Å². The number of hydrogen-bond acceptors (Lipinski definition) is 6.